The standard InChI is InChI=1S/C58H38N2/c1-4-12-39(13-5-1)47-26-30-51-53-35-45(28-32-55(53)59(57(51)37-47)49-16-6-2-7-17-49)41-20-22-42(23-21-41)46-29-33-56-54(36-46)52-31-27-48(38-58(52)60(56)50-18-8-3-9-19-50)44-25-24-40-14-10-11-15-43(40)34-44/h1-38H. The average Bonchev–Trinajstić information content (AvgIpc) is 3.83. The highest BCUT2D eigenvalue weighted by molar-refractivity contribution is 6.13. The van der Waals surface area contributed by atoms with Crippen LogP contribution in [0.5, 0.6) is 0 Å². The molecular formula is C58H38N2. The second-order valence-electron chi connectivity index (χ2n) is 15.8. The molecule has 0 aliphatic rings. The second-order valence-corrected chi connectivity index (χ2v) is 15.8. The number of hydrogen-bond acceptors (Lipinski definition) is 0. The Morgan fingerprint density at radius 1 is 0.200 bits per heavy atom. The van der Waals surface area contributed by atoms with Crippen LogP contribution < -0.4 is 0 Å². The molecule has 0 atom stereocenters. The third kappa shape index (κ3) is 5.65. The van der Waals surface area contributed by atoms with Gasteiger partial charge in [-0.15, -0.1) is 0 Å². The molecule has 0 saturated carbocycles. The van der Waals surface area contributed by atoms with Crippen LogP contribution in [0.3, 0.4) is 0 Å². The van der Waals surface area contributed by atoms with Crippen molar-refractivity contribution in [1.29, 1.82) is 0 Å². The number of hydrogen-bond donors (Lipinski definition) is 0. The van der Waals surface area contributed by atoms with Crippen molar-refractivity contribution in [1.82, 2.24) is 9.13 Å². The lowest BCUT2D eigenvalue weighted by Crippen LogP contribution is -1.93. The number of para-hydroxylation sites is 2. The number of fused-ring (bicyclic) bond motifs is 7. The number of benzene rings is 10. The van der Waals surface area contributed by atoms with Crippen LogP contribution >= 0.6 is 0 Å². The smallest absolute Gasteiger partial charge is 0.0547 e. The van der Waals surface area contributed by atoms with Gasteiger partial charge in [0.1, 0.15) is 0 Å². The summed E-state index contributed by atoms with van der Waals surface area (Å²) >= 11 is 0. The van der Waals surface area contributed by atoms with Crippen LogP contribution in [0.4, 0.5) is 0 Å². The predicted octanol–water partition coefficient (Wildman–Crippen LogP) is 15.7. The minimum Gasteiger partial charge on any atom is -0.309 e. The molecule has 2 heterocycles. The minimum absolute atomic E-state index is 1.16. The molecule has 0 radical (unpaired) electrons. The maximum atomic E-state index is 2.41. The normalized spacial score (nSPS) is 11.7. The van der Waals surface area contributed by atoms with Gasteiger partial charge in [-0.2, -0.15) is 0 Å². The molecule has 12 aromatic rings. The molecule has 0 bridgehead atoms. The monoisotopic (exact) mass is 762 g/mol. The van der Waals surface area contributed by atoms with Crippen LogP contribution in [0.25, 0.3) is 110 Å². The highest BCUT2D eigenvalue weighted by Crippen LogP contribution is 2.40. The van der Waals surface area contributed by atoms with E-state index in [0.717, 1.165) is 11.4 Å². The summed E-state index contributed by atoms with van der Waals surface area (Å²) in [7, 11) is 0. The number of rotatable bonds is 6. The van der Waals surface area contributed by atoms with Crippen LogP contribution in [-0.2, 0) is 0 Å². The van der Waals surface area contributed by atoms with Crippen molar-refractivity contribution >= 4 is 54.4 Å². The van der Waals surface area contributed by atoms with Gasteiger partial charge in [0, 0.05) is 32.9 Å². The van der Waals surface area contributed by atoms with Gasteiger partial charge in [-0.05, 0) is 122 Å². The Labute approximate surface area is 348 Å². The van der Waals surface area contributed by atoms with Gasteiger partial charge in [0.25, 0.3) is 0 Å². The van der Waals surface area contributed by atoms with E-state index in [2.05, 4.69) is 240 Å². The molecule has 0 fully saturated rings. The van der Waals surface area contributed by atoms with Crippen LogP contribution in [0, 0.1) is 0 Å². The Morgan fingerprint density at radius 2 is 0.567 bits per heavy atom. The lowest BCUT2D eigenvalue weighted by atomic mass is 9.97. The fraction of sp³-hybridized carbons (Fsp3) is 0. The zero-order valence-corrected chi connectivity index (χ0v) is 32.8. The van der Waals surface area contributed by atoms with E-state index in [9.17, 15) is 0 Å². The van der Waals surface area contributed by atoms with E-state index in [-0.39, 0.29) is 0 Å². The van der Waals surface area contributed by atoms with Gasteiger partial charge in [-0.3, -0.25) is 0 Å². The van der Waals surface area contributed by atoms with Gasteiger partial charge in [-0.25, -0.2) is 0 Å². The first-order valence-electron chi connectivity index (χ1n) is 20.7. The van der Waals surface area contributed by atoms with Gasteiger partial charge in [0.05, 0.1) is 22.1 Å². The molecule has 60 heavy (non-hydrogen) atoms. The van der Waals surface area contributed by atoms with E-state index >= 15 is 0 Å². The van der Waals surface area contributed by atoms with Crippen LogP contribution in [0.1, 0.15) is 0 Å². The second kappa shape index (κ2) is 13.9. The van der Waals surface area contributed by atoms with Gasteiger partial charge in [0.15, 0.2) is 0 Å². The van der Waals surface area contributed by atoms with E-state index in [1.165, 1.54) is 98.9 Å². The van der Waals surface area contributed by atoms with E-state index < -0.39 is 0 Å². The Balaban J connectivity index is 0.938. The van der Waals surface area contributed by atoms with Crippen molar-refractivity contribution in [2.45, 2.75) is 0 Å². The molecular weight excluding hydrogens is 725 g/mol. The van der Waals surface area contributed by atoms with Crippen LogP contribution in [0.2, 0.25) is 0 Å². The van der Waals surface area contributed by atoms with E-state index in [1.807, 2.05) is 0 Å². The Kier molecular flexibility index (Phi) is 7.89. The predicted molar refractivity (Wildman–Crippen MR) is 254 cm³/mol. The zero-order chi connectivity index (χ0) is 39.6. The zero-order valence-electron chi connectivity index (χ0n) is 32.8. The number of nitrogens with zero attached hydrogens (tertiary/aromatic N) is 2. The average molecular weight is 763 g/mol. The molecule has 0 saturated heterocycles. The molecule has 0 unspecified atom stereocenters. The molecule has 0 aliphatic heterocycles. The summed E-state index contributed by atoms with van der Waals surface area (Å²) < 4.78 is 4.81. The molecule has 0 spiro atoms. The molecule has 0 N–H and O–H groups in total. The van der Waals surface area contributed by atoms with Crippen molar-refractivity contribution in [3.63, 3.8) is 0 Å². The molecule has 10 aromatic carbocycles. The fourth-order valence-electron chi connectivity index (χ4n) is 9.33. The van der Waals surface area contributed by atoms with E-state index in [1.54, 1.807) is 0 Å². The first kappa shape index (κ1) is 34.1. The summed E-state index contributed by atoms with van der Waals surface area (Å²) in [5.41, 5.74) is 16.8. The highest BCUT2D eigenvalue weighted by Gasteiger charge is 2.17. The molecule has 0 aliphatic carbocycles. The largest absolute Gasteiger partial charge is 0.309 e. The summed E-state index contributed by atoms with van der Waals surface area (Å²) in [4.78, 5) is 0. The first-order chi connectivity index (χ1) is 29.7. The van der Waals surface area contributed by atoms with Crippen molar-refractivity contribution in [3.05, 3.63) is 231 Å². The summed E-state index contributed by atoms with van der Waals surface area (Å²) in [6.07, 6.45) is 0. The van der Waals surface area contributed by atoms with Crippen molar-refractivity contribution in [2.75, 3.05) is 0 Å². The number of aromatic nitrogens is 2. The Bertz CT molecular complexity index is 3560. The lowest BCUT2D eigenvalue weighted by molar-refractivity contribution is 1.18. The first-order valence-corrected chi connectivity index (χ1v) is 20.7. The third-order valence-corrected chi connectivity index (χ3v) is 12.3. The minimum atomic E-state index is 1.16. The maximum absolute atomic E-state index is 2.41. The molecule has 0 amide bonds. The SMILES string of the molecule is c1ccc(-c2ccc3c4cc(-c5ccc(-c6ccc7c(c6)c6ccc(-c8ccc9ccccc9c8)cc6n7-c6ccccc6)cc5)ccc4n(-c4ccccc4)c3c2)cc1. The van der Waals surface area contributed by atoms with Crippen molar-refractivity contribution < 1.29 is 0 Å². The summed E-state index contributed by atoms with van der Waals surface area (Å²) in [6.45, 7) is 0. The van der Waals surface area contributed by atoms with Crippen LogP contribution in [-0.4, -0.2) is 9.13 Å². The highest BCUT2D eigenvalue weighted by atomic mass is 15.0. The summed E-state index contributed by atoms with van der Waals surface area (Å²) in [5.74, 6) is 0. The topological polar surface area (TPSA) is 9.86 Å². The van der Waals surface area contributed by atoms with Gasteiger partial charge < -0.3 is 9.13 Å². The Hall–Kier alpha value is -7.94. The molecule has 12 rings (SSSR count). The van der Waals surface area contributed by atoms with Crippen molar-refractivity contribution in [2.24, 2.45) is 0 Å². The Morgan fingerprint density at radius 3 is 1.10 bits per heavy atom. The van der Waals surface area contributed by atoms with Crippen LogP contribution in [0.15, 0.2) is 231 Å². The molecule has 2 aromatic heterocycles. The fourth-order valence-corrected chi connectivity index (χ4v) is 9.33. The summed E-state index contributed by atoms with van der Waals surface area (Å²) in [6, 6.07) is 84.2. The molecule has 2 nitrogen and oxygen atoms in total. The summed E-state index contributed by atoms with van der Waals surface area (Å²) in [5, 5.41) is 7.50. The van der Waals surface area contributed by atoms with Gasteiger partial charge in [-0.1, -0.05) is 164 Å². The molecule has 2 heteroatoms. The van der Waals surface area contributed by atoms with Gasteiger partial charge >= 0.3 is 0 Å². The quantitative estimate of drug-likeness (QED) is 0.160. The van der Waals surface area contributed by atoms with E-state index in [4.69, 9.17) is 0 Å². The lowest BCUT2D eigenvalue weighted by Gasteiger charge is -2.10. The van der Waals surface area contributed by atoms with Gasteiger partial charge in [0.2, 0.25) is 0 Å². The molecule has 280 valence electrons. The van der Waals surface area contributed by atoms with Crippen molar-refractivity contribution in [3.8, 4) is 55.9 Å². The third-order valence-electron chi connectivity index (χ3n) is 12.3. The van der Waals surface area contributed by atoms with E-state index in [0.29, 0.717) is 0 Å². The maximum Gasteiger partial charge on any atom is 0.0547 e.